The standard InChI is InChI=1S/C17H17BrO2/c18-14-7-8-16(15(11-14)17(19)9-4-10-17)20-12-13-5-2-1-3-6-13/h1-3,5-8,11,19H,4,9-10,12H2. The highest BCUT2D eigenvalue weighted by molar-refractivity contribution is 9.10. The molecule has 1 N–H and O–H groups in total. The summed E-state index contributed by atoms with van der Waals surface area (Å²) in [5.41, 5.74) is 1.31. The first kappa shape index (κ1) is 13.7. The maximum absolute atomic E-state index is 10.6. The molecule has 3 heteroatoms. The smallest absolute Gasteiger partial charge is 0.125 e. The van der Waals surface area contributed by atoms with Gasteiger partial charge in [0.05, 0.1) is 5.60 Å². The topological polar surface area (TPSA) is 29.5 Å². The molecule has 0 amide bonds. The lowest BCUT2D eigenvalue weighted by Crippen LogP contribution is -2.34. The highest BCUT2D eigenvalue weighted by atomic mass is 79.9. The summed E-state index contributed by atoms with van der Waals surface area (Å²) < 4.78 is 6.89. The zero-order valence-corrected chi connectivity index (χ0v) is 12.8. The SMILES string of the molecule is OC1(c2cc(Br)ccc2OCc2ccccc2)CCC1. The summed E-state index contributed by atoms with van der Waals surface area (Å²) in [6.07, 6.45) is 2.69. The fourth-order valence-electron chi connectivity index (χ4n) is 2.51. The molecule has 0 unspecified atom stereocenters. The van der Waals surface area contributed by atoms with Gasteiger partial charge in [0, 0.05) is 10.0 Å². The average molecular weight is 333 g/mol. The molecule has 1 saturated carbocycles. The van der Waals surface area contributed by atoms with Crippen LogP contribution in [0.25, 0.3) is 0 Å². The molecular formula is C17H17BrO2. The minimum Gasteiger partial charge on any atom is -0.489 e. The van der Waals surface area contributed by atoms with Crippen LogP contribution in [0.4, 0.5) is 0 Å². The van der Waals surface area contributed by atoms with Crippen molar-refractivity contribution in [3.8, 4) is 5.75 Å². The van der Waals surface area contributed by atoms with Gasteiger partial charge in [-0.1, -0.05) is 46.3 Å². The molecule has 2 nitrogen and oxygen atoms in total. The van der Waals surface area contributed by atoms with E-state index < -0.39 is 5.60 Å². The molecule has 3 rings (SSSR count). The first-order chi connectivity index (χ1) is 9.67. The third-order valence-electron chi connectivity index (χ3n) is 3.86. The van der Waals surface area contributed by atoms with E-state index >= 15 is 0 Å². The van der Waals surface area contributed by atoms with Gasteiger partial charge in [-0.15, -0.1) is 0 Å². The summed E-state index contributed by atoms with van der Waals surface area (Å²) in [4.78, 5) is 0. The van der Waals surface area contributed by atoms with Gasteiger partial charge in [-0.2, -0.15) is 0 Å². The summed E-state index contributed by atoms with van der Waals surface area (Å²) >= 11 is 3.47. The second kappa shape index (κ2) is 5.58. The molecule has 0 heterocycles. The van der Waals surface area contributed by atoms with Gasteiger partial charge in [-0.25, -0.2) is 0 Å². The summed E-state index contributed by atoms with van der Waals surface area (Å²) in [5.74, 6) is 0.777. The molecule has 0 spiro atoms. The Kier molecular flexibility index (Phi) is 3.81. The first-order valence-corrected chi connectivity index (χ1v) is 7.66. The van der Waals surface area contributed by atoms with Crippen molar-refractivity contribution in [3.63, 3.8) is 0 Å². The molecule has 0 aromatic heterocycles. The normalized spacial score (nSPS) is 16.5. The second-order valence-electron chi connectivity index (χ2n) is 5.30. The minimum atomic E-state index is -0.712. The zero-order chi connectivity index (χ0) is 14.0. The van der Waals surface area contributed by atoms with E-state index in [1.165, 1.54) is 0 Å². The van der Waals surface area contributed by atoms with Crippen LogP contribution >= 0.6 is 15.9 Å². The largest absolute Gasteiger partial charge is 0.489 e. The van der Waals surface area contributed by atoms with E-state index in [9.17, 15) is 5.11 Å². The Bertz CT molecular complexity index is 591. The van der Waals surface area contributed by atoms with Crippen LogP contribution in [0.2, 0.25) is 0 Å². The van der Waals surface area contributed by atoms with Gasteiger partial charge < -0.3 is 9.84 Å². The van der Waals surface area contributed by atoms with Crippen LogP contribution < -0.4 is 4.74 Å². The summed E-state index contributed by atoms with van der Waals surface area (Å²) in [6.45, 7) is 0.519. The molecule has 0 bridgehead atoms. The highest BCUT2D eigenvalue weighted by Gasteiger charge is 2.38. The Morgan fingerprint density at radius 2 is 1.85 bits per heavy atom. The molecular weight excluding hydrogens is 316 g/mol. The van der Waals surface area contributed by atoms with Crippen molar-refractivity contribution in [3.05, 3.63) is 64.1 Å². The van der Waals surface area contributed by atoms with Crippen molar-refractivity contribution in [2.24, 2.45) is 0 Å². The maximum atomic E-state index is 10.6. The fourth-order valence-corrected chi connectivity index (χ4v) is 2.87. The Hall–Kier alpha value is -1.32. The number of rotatable bonds is 4. The van der Waals surface area contributed by atoms with E-state index in [1.807, 2.05) is 48.5 Å². The van der Waals surface area contributed by atoms with Gasteiger partial charge in [-0.05, 0) is 43.0 Å². The maximum Gasteiger partial charge on any atom is 0.125 e. The van der Waals surface area contributed by atoms with Crippen molar-refractivity contribution >= 4 is 15.9 Å². The van der Waals surface area contributed by atoms with Crippen LogP contribution in [0.15, 0.2) is 53.0 Å². The molecule has 2 aromatic carbocycles. The van der Waals surface area contributed by atoms with Crippen LogP contribution in [-0.2, 0) is 12.2 Å². The van der Waals surface area contributed by atoms with Gasteiger partial charge in [0.1, 0.15) is 12.4 Å². The molecule has 1 fully saturated rings. The number of benzene rings is 2. The van der Waals surface area contributed by atoms with Crippen LogP contribution in [0.3, 0.4) is 0 Å². The van der Waals surface area contributed by atoms with Crippen molar-refractivity contribution in [2.75, 3.05) is 0 Å². The third kappa shape index (κ3) is 2.74. The minimum absolute atomic E-state index is 0.519. The summed E-state index contributed by atoms with van der Waals surface area (Å²) in [6, 6.07) is 15.9. The van der Waals surface area contributed by atoms with Gasteiger partial charge >= 0.3 is 0 Å². The Balaban J connectivity index is 1.82. The number of hydrogen-bond acceptors (Lipinski definition) is 2. The van der Waals surface area contributed by atoms with E-state index in [-0.39, 0.29) is 0 Å². The lowest BCUT2D eigenvalue weighted by atomic mass is 9.75. The van der Waals surface area contributed by atoms with Crippen LogP contribution in [0.1, 0.15) is 30.4 Å². The van der Waals surface area contributed by atoms with Crippen LogP contribution in [-0.4, -0.2) is 5.11 Å². The Labute approximate surface area is 127 Å². The number of hydrogen-bond donors (Lipinski definition) is 1. The predicted octanol–water partition coefficient (Wildman–Crippen LogP) is 4.40. The van der Waals surface area contributed by atoms with Gasteiger partial charge in [0.2, 0.25) is 0 Å². The van der Waals surface area contributed by atoms with E-state index in [2.05, 4.69) is 15.9 Å². The molecule has 0 atom stereocenters. The molecule has 0 radical (unpaired) electrons. The first-order valence-electron chi connectivity index (χ1n) is 6.86. The van der Waals surface area contributed by atoms with Crippen molar-refractivity contribution in [1.82, 2.24) is 0 Å². The molecule has 1 aliphatic rings. The average Bonchev–Trinajstić information content (AvgIpc) is 2.44. The lowest BCUT2D eigenvalue weighted by Gasteiger charge is -2.38. The molecule has 2 aromatic rings. The Morgan fingerprint density at radius 3 is 2.50 bits per heavy atom. The number of aliphatic hydroxyl groups is 1. The summed E-state index contributed by atoms with van der Waals surface area (Å²) in [5, 5.41) is 10.6. The molecule has 0 saturated heterocycles. The van der Waals surface area contributed by atoms with E-state index in [1.54, 1.807) is 0 Å². The van der Waals surface area contributed by atoms with Crippen LogP contribution in [0, 0.1) is 0 Å². The molecule has 0 aliphatic heterocycles. The molecule has 1 aliphatic carbocycles. The van der Waals surface area contributed by atoms with E-state index in [0.29, 0.717) is 6.61 Å². The van der Waals surface area contributed by atoms with E-state index in [4.69, 9.17) is 4.74 Å². The highest BCUT2D eigenvalue weighted by Crippen LogP contribution is 2.45. The predicted molar refractivity (Wildman–Crippen MR) is 82.7 cm³/mol. The van der Waals surface area contributed by atoms with Crippen molar-refractivity contribution in [2.45, 2.75) is 31.5 Å². The second-order valence-corrected chi connectivity index (χ2v) is 6.22. The van der Waals surface area contributed by atoms with Gasteiger partial charge in [-0.3, -0.25) is 0 Å². The zero-order valence-electron chi connectivity index (χ0n) is 11.2. The monoisotopic (exact) mass is 332 g/mol. The summed E-state index contributed by atoms with van der Waals surface area (Å²) in [7, 11) is 0. The third-order valence-corrected chi connectivity index (χ3v) is 4.35. The number of ether oxygens (including phenoxy) is 1. The quantitative estimate of drug-likeness (QED) is 0.899. The van der Waals surface area contributed by atoms with Crippen LogP contribution in [0.5, 0.6) is 5.75 Å². The fraction of sp³-hybridized carbons (Fsp3) is 0.294. The lowest BCUT2D eigenvalue weighted by molar-refractivity contribution is -0.0410. The van der Waals surface area contributed by atoms with Crippen molar-refractivity contribution in [1.29, 1.82) is 0 Å². The molecule has 104 valence electrons. The van der Waals surface area contributed by atoms with E-state index in [0.717, 1.165) is 40.6 Å². The van der Waals surface area contributed by atoms with Crippen molar-refractivity contribution < 1.29 is 9.84 Å². The molecule has 20 heavy (non-hydrogen) atoms. The van der Waals surface area contributed by atoms with Gasteiger partial charge in [0.25, 0.3) is 0 Å². The van der Waals surface area contributed by atoms with Gasteiger partial charge in [0.15, 0.2) is 0 Å². The Morgan fingerprint density at radius 1 is 1.10 bits per heavy atom. The number of halogens is 1.